The summed E-state index contributed by atoms with van der Waals surface area (Å²) in [5.74, 6) is 0.131. The Morgan fingerprint density at radius 2 is 1.67 bits per heavy atom. The molecule has 7 heteroatoms. The molecule has 0 aliphatic carbocycles. The topological polar surface area (TPSA) is 52.8 Å². The second-order valence-electron chi connectivity index (χ2n) is 7.55. The van der Waals surface area contributed by atoms with E-state index in [1.165, 1.54) is 12.1 Å². The average molecular weight is 417 g/mol. The SMILES string of the molecule is CC(C)N1CCN(c2ccc(C(=O)N3CCCCC3CN)cc2)CC1.Cl.Cl. The zero-order chi connectivity index (χ0) is 17.8. The minimum atomic E-state index is 0. The third kappa shape index (κ3) is 5.74. The monoisotopic (exact) mass is 416 g/mol. The first-order valence-corrected chi connectivity index (χ1v) is 9.70. The number of piperidine rings is 1. The Labute approximate surface area is 176 Å². The van der Waals surface area contributed by atoms with Crippen molar-refractivity contribution in [3.8, 4) is 0 Å². The molecule has 3 rings (SSSR count). The standard InChI is InChI=1S/C20H32N4O.2ClH/c1-16(2)22-11-13-23(14-12-22)18-8-6-17(7-9-18)20(25)24-10-4-3-5-19(24)15-21;;/h6-9,16,19H,3-5,10-15,21H2,1-2H3;2*1H. The summed E-state index contributed by atoms with van der Waals surface area (Å²) < 4.78 is 0. The third-order valence-corrected chi connectivity index (χ3v) is 5.68. The summed E-state index contributed by atoms with van der Waals surface area (Å²) in [5, 5.41) is 0. The van der Waals surface area contributed by atoms with Crippen LogP contribution in [0.2, 0.25) is 0 Å². The number of hydrogen-bond donors (Lipinski definition) is 1. The Morgan fingerprint density at radius 1 is 1.04 bits per heavy atom. The minimum Gasteiger partial charge on any atom is -0.369 e. The first-order valence-electron chi connectivity index (χ1n) is 9.70. The van der Waals surface area contributed by atoms with Crippen LogP contribution in [0.15, 0.2) is 24.3 Å². The van der Waals surface area contributed by atoms with Gasteiger partial charge in [0.05, 0.1) is 0 Å². The lowest BCUT2D eigenvalue weighted by Crippen LogP contribution is -2.49. The van der Waals surface area contributed by atoms with Crippen molar-refractivity contribution in [2.24, 2.45) is 5.73 Å². The fourth-order valence-electron chi connectivity index (χ4n) is 3.99. The first-order chi connectivity index (χ1) is 12.1. The number of nitrogens with two attached hydrogens (primary N) is 1. The van der Waals surface area contributed by atoms with E-state index in [-0.39, 0.29) is 36.8 Å². The van der Waals surface area contributed by atoms with Crippen LogP contribution in [-0.2, 0) is 0 Å². The summed E-state index contributed by atoms with van der Waals surface area (Å²) in [6.45, 7) is 10.2. The van der Waals surface area contributed by atoms with Crippen molar-refractivity contribution in [1.82, 2.24) is 9.80 Å². The van der Waals surface area contributed by atoms with Crippen molar-refractivity contribution in [3.63, 3.8) is 0 Å². The molecule has 2 N–H and O–H groups in total. The number of halogens is 2. The second-order valence-corrected chi connectivity index (χ2v) is 7.55. The number of amides is 1. The van der Waals surface area contributed by atoms with Crippen LogP contribution in [0.4, 0.5) is 5.69 Å². The minimum absolute atomic E-state index is 0. The fourth-order valence-corrected chi connectivity index (χ4v) is 3.99. The predicted molar refractivity (Wildman–Crippen MR) is 118 cm³/mol. The largest absolute Gasteiger partial charge is 0.369 e. The normalized spacial score (nSPS) is 20.8. The van der Waals surface area contributed by atoms with Gasteiger partial charge in [0.15, 0.2) is 0 Å². The zero-order valence-corrected chi connectivity index (χ0v) is 18.1. The van der Waals surface area contributed by atoms with Crippen molar-refractivity contribution in [2.75, 3.05) is 44.2 Å². The molecule has 27 heavy (non-hydrogen) atoms. The lowest BCUT2D eigenvalue weighted by Gasteiger charge is -2.38. The van der Waals surface area contributed by atoms with E-state index in [0.717, 1.165) is 51.1 Å². The fraction of sp³-hybridized carbons (Fsp3) is 0.650. The predicted octanol–water partition coefficient (Wildman–Crippen LogP) is 3.01. The van der Waals surface area contributed by atoms with Gasteiger partial charge in [-0.25, -0.2) is 0 Å². The number of carbonyl (C=O) groups excluding carboxylic acids is 1. The Hall–Kier alpha value is -1.01. The number of likely N-dealkylation sites (tertiary alicyclic amines) is 1. The van der Waals surface area contributed by atoms with Crippen LogP contribution >= 0.6 is 24.8 Å². The molecule has 2 fully saturated rings. The summed E-state index contributed by atoms with van der Waals surface area (Å²) in [7, 11) is 0. The van der Waals surface area contributed by atoms with E-state index in [1.807, 2.05) is 17.0 Å². The molecule has 0 saturated carbocycles. The Balaban J connectivity index is 0.00000182. The number of hydrogen-bond acceptors (Lipinski definition) is 4. The van der Waals surface area contributed by atoms with Crippen molar-refractivity contribution in [3.05, 3.63) is 29.8 Å². The maximum Gasteiger partial charge on any atom is 0.254 e. The molecule has 1 aromatic rings. The molecule has 1 unspecified atom stereocenters. The lowest BCUT2D eigenvalue weighted by molar-refractivity contribution is 0.0623. The highest BCUT2D eigenvalue weighted by Crippen LogP contribution is 2.22. The van der Waals surface area contributed by atoms with E-state index in [2.05, 4.69) is 35.8 Å². The highest BCUT2D eigenvalue weighted by Gasteiger charge is 2.26. The highest BCUT2D eigenvalue weighted by molar-refractivity contribution is 5.94. The molecule has 2 heterocycles. The molecule has 1 amide bonds. The number of anilines is 1. The van der Waals surface area contributed by atoms with Crippen molar-refractivity contribution in [2.45, 2.75) is 45.2 Å². The number of rotatable bonds is 4. The highest BCUT2D eigenvalue weighted by atomic mass is 35.5. The van der Waals surface area contributed by atoms with Gasteiger partial charge in [-0.05, 0) is 57.4 Å². The molecule has 1 aromatic carbocycles. The van der Waals surface area contributed by atoms with Crippen LogP contribution in [0.5, 0.6) is 0 Å². The molecule has 5 nitrogen and oxygen atoms in total. The molecule has 2 aliphatic heterocycles. The first kappa shape index (κ1) is 24.0. The third-order valence-electron chi connectivity index (χ3n) is 5.68. The van der Waals surface area contributed by atoms with Gasteiger partial charge in [0, 0.05) is 62.6 Å². The summed E-state index contributed by atoms with van der Waals surface area (Å²) in [4.78, 5) is 19.7. The van der Waals surface area contributed by atoms with Gasteiger partial charge in [-0.3, -0.25) is 9.69 Å². The molecule has 0 spiro atoms. The van der Waals surface area contributed by atoms with E-state index >= 15 is 0 Å². The van der Waals surface area contributed by atoms with E-state index in [4.69, 9.17) is 5.73 Å². The molecule has 2 saturated heterocycles. The average Bonchev–Trinajstić information content (AvgIpc) is 2.67. The second kappa shape index (κ2) is 11.1. The molecule has 0 aromatic heterocycles. The Kier molecular flexibility index (Phi) is 9.88. The van der Waals surface area contributed by atoms with E-state index in [0.29, 0.717) is 12.6 Å². The van der Waals surface area contributed by atoms with E-state index in [9.17, 15) is 4.79 Å². The maximum absolute atomic E-state index is 12.8. The van der Waals surface area contributed by atoms with Crippen LogP contribution in [-0.4, -0.2) is 67.1 Å². The van der Waals surface area contributed by atoms with Gasteiger partial charge in [-0.1, -0.05) is 0 Å². The number of piperazine rings is 1. The van der Waals surface area contributed by atoms with Crippen LogP contribution < -0.4 is 10.6 Å². The summed E-state index contributed by atoms with van der Waals surface area (Å²) in [6.07, 6.45) is 3.29. The number of nitrogens with zero attached hydrogens (tertiary/aromatic N) is 3. The van der Waals surface area contributed by atoms with Crippen molar-refractivity contribution in [1.29, 1.82) is 0 Å². The lowest BCUT2D eigenvalue weighted by atomic mass is 10.0. The summed E-state index contributed by atoms with van der Waals surface area (Å²) in [5.41, 5.74) is 7.86. The summed E-state index contributed by atoms with van der Waals surface area (Å²) in [6, 6.07) is 8.97. The van der Waals surface area contributed by atoms with Gasteiger partial charge in [0.2, 0.25) is 0 Å². The molecule has 1 atom stereocenters. The number of carbonyl (C=O) groups is 1. The van der Waals surface area contributed by atoms with Crippen LogP contribution in [0.3, 0.4) is 0 Å². The molecule has 0 radical (unpaired) electrons. The zero-order valence-electron chi connectivity index (χ0n) is 16.5. The molecular formula is C20H34Cl2N4O. The van der Waals surface area contributed by atoms with Crippen molar-refractivity contribution < 1.29 is 4.79 Å². The van der Waals surface area contributed by atoms with E-state index < -0.39 is 0 Å². The van der Waals surface area contributed by atoms with Gasteiger partial charge in [0.25, 0.3) is 5.91 Å². The van der Waals surface area contributed by atoms with Gasteiger partial charge in [-0.2, -0.15) is 0 Å². The molecule has 2 aliphatic rings. The van der Waals surface area contributed by atoms with Gasteiger partial charge in [-0.15, -0.1) is 24.8 Å². The maximum atomic E-state index is 12.8. The van der Waals surface area contributed by atoms with Gasteiger partial charge >= 0.3 is 0 Å². The van der Waals surface area contributed by atoms with Crippen LogP contribution in [0, 0.1) is 0 Å². The Bertz CT molecular complexity index is 574. The molecule has 0 bridgehead atoms. The molecular weight excluding hydrogens is 383 g/mol. The van der Waals surface area contributed by atoms with Crippen LogP contribution in [0.1, 0.15) is 43.5 Å². The molecule has 154 valence electrons. The smallest absolute Gasteiger partial charge is 0.254 e. The van der Waals surface area contributed by atoms with Gasteiger partial charge < -0.3 is 15.5 Å². The van der Waals surface area contributed by atoms with Gasteiger partial charge in [0.1, 0.15) is 0 Å². The van der Waals surface area contributed by atoms with Crippen molar-refractivity contribution >= 4 is 36.4 Å². The Morgan fingerprint density at radius 3 is 2.22 bits per heavy atom. The number of benzene rings is 1. The summed E-state index contributed by atoms with van der Waals surface area (Å²) >= 11 is 0. The van der Waals surface area contributed by atoms with Crippen LogP contribution in [0.25, 0.3) is 0 Å². The quantitative estimate of drug-likeness (QED) is 0.819. The van der Waals surface area contributed by atoms with E-state index in [1.54, 1.807) is 0 Å².